The minimum atomic E-state index is -1.15. The highest BCUT2D eigenvalue weighted by molar-refractivity contribution is 5.86. The second kappa shape index (κ2) is 11.1. The highest BCUT2D eigenvalue weighted by atomic mass is 16.5. The zero-order chi connectivity index (χ0) is 24.8. The molecule has 2 amide bonds. The van der Waals surface area contributed by atoms with Crippen molar-refractivity contribution in [3.8, 4) is 11.1 Å². The van der Waals surface area contributed by atoms with E-state index in [4.69, 9.17) is 4.74 Å². The standard InChI is InChI=1S/C27H32N2O5/c1-16(2)22(25(31)21-20(24(21)30)19-13-9-6-10-14-19)28-26(32)23(17(3)4)29-27(33)34-15-18-11-7-5-8-12-18/h5-14,16-17,22-23,25,31H,15H2,1-4H3,(H,28,32)(H,29,33)/t22-,23-,25+/m0/s1. The molecule has 0 saturated heterocycles. The van der Waals surface area contributed by atoms with Gasteiger partial charge in [0.2, 0.25) is 5.91 Å². The Hall–Kier alpha value is -3.45. The molecule has 3 N–H and O–H groups in total. The number of hydrogen-bond acceptors (Lipinski definition) is 5. The Morgan fingerprint density at radius 1 is 0.882 bits per heavy atom. The van der Waals surface area contributed by atoms with Gasteiger partial charge in [-0.1, -0.05) is 88.4 Å². The fourth-order valence-corrected chi connectivity index (χ4v) is 3.83. The predicted molar refractivity (Wildman–Crippen MR) is 131 cm³/mol. The second-order valence-corrected chi connectivity index (χ2v) is 9.13. The lowest BCUT2D eigenvalue weighted by molar-refractivity contribution is -0.126. The van der Waals surface area contributed by atoms with Crippen molar-refractivity contribution >= 4 is 12.0 Å². The van der Waals surface area contributed by atoms with E-state index in [0.717, 1.165) is 11.1 Å². The fourth-order valence-electron chi connectivity index (χ4n) is 3.83. The first-order valence-corrected chi connectivity index (χ1v) is 11.5. The van der Waals surface area contributed by atoms with E-state index in [2.05, 4.69) is 10.6 Å². The number of alkyl carbamates (subject to hydrolysis) is 1. The summed E-state index contributed by atoms with van der Waals surface area (Å²) in [7, 11) is 0. The normalized spacial score (nSPS) is 14.1. The summed E-state index contributed by atoms with van der Waals surface area (Å²) in [6, 6.07) is 16.8. The molecule has 3 atom stereocenters. The van der Waals surface area contributed by atoms with Gasteiger partial charge in [0.05, 0.1) is 6.04 Å². The third kappa shape index (κ3) is 6.11. The van der Waals surface area contributed by atoms with Crippen molar-refractivity contribution in [3.63, 3.8) is 0 Å². The van der Waals surface area contributed by atoms with Gasteiger partial charge in [-0.05, 0) is 23.0 Å². The molecular formula is C27H32N2O5. The van der Waals surface area contributed by atoms with Crippen molar-refractivity contribution in [2.75, 3.05) is 0 Å². The highest BCUT2D eigenvalue weighted by Gasteiger charge is 2.38. The van der Waals surface area contributed by atoms with Crippen molar-refractivity contribution in [1.82, 2.24) is 10.6 Å². The molecule has 0 spiro atoms. The van der Waals surface area contributed by atoms with E-state index >= 15 is 0 Å². The van der Waals surface area contributed by atoms with E-state index in [-0.39, 0.29) is 23.9 Å². The molecule has 0 fully saturated rings. The molecule has 3 rings (SSSR count). The minimum absolute atomic E-state index is 0.0883. The molecule has 0 heterocycles. The molecule has 34 heavy (non-hydrogen) atoms. The van der Waals surface area contributed by atoms with Crippen LogP contribution in [0.2, 0.25) is 0 Å². The smallest absolute Gasteiger partial charge is 0.408 e. The lowest BCUT2D eigenvalue weighted by Crippen LogP contribution is -2.54. The number of hydrogen-bond donors (Lipinski definition) is 3. The Labute approximate surface area is 199 Å². The summed E-state index contributed by atoms with van der Waals surface area (Å²) in [5, 5.41) is 16.4. The maximum Gasteiger partial charge on any atom is 0.408 e. The summed E-state index contributed by atoms with van der Waals surface area (Å²) >= 11 is 0. The topological polar surface area (TPSA) is 105 Å². The van der Waals surface area contributed by atoms with Crippen molar-refractivity contribution < 1.29 is 19.4 Å². The summed E-state index contributed by atoms with van der Waals surface area (Å²) in [4.78, 5) is 37.9. The van der Waals surface area contributed by atoms with Gasteiger partial charge in [-0.25, -0.2) is 4.79 Å². The van der Waals surface area contributed by atoms with Crippen molar-refractivity contribution in [2.24, 2.45) is 11.8 Å². The average Bonchev–Trinajstić information content (AvgIpc) is 3.50. The average molecular weight is 465 g/mol. The number of aliphatic hydroxyl groups is 1. The van der Waals surface area contributed by atoms with Gasteiger partial charge in [0.15, 0.2) is 5.43 Å². The molecule has 3 aromatic carbocycles. The Kier molecular flexibility index (Phi) is 8.23. The monoisotopic (exact) mass is 464 g/mol. The molecule has 0 bridgehead atoms. The summed E-state index contributed by atoms with van der Waals surface area (Å²) < 4.78 is 5.25. The van der Waals surface area contributed by atoms with Gasteiger partial charge >= 0.3 is 6.09 Å². The van der Waals surface area contributed by atoms with Gasteiger partial charge in [0.25, 0.3) is 0 Å². The van der Waals surface area contributed by atoms with Crippen molar-refractivity contribution in [3.05, 3.63) is 82.0 Å². The van der Waals surface area contributed by atoms with Crippen LogP contribution in [0.25, 0.3) is 11.1 Å². The molecule has 0 aliphatic heterocycles. The van der Waals surface area contributed by atoms with E-state index in [1.54, 1.807) is 0 Å². The number of benzene rings is 2. The summed E-state index contributed by atoms with van der Waals surface area (Å²) in [5.41, 5.74) is 2.21. The van der Waals surface area contributed by atoms with E-state index < -0.39 is 30.2 Å². The number of nitrogens with one attached hydrogen (secondary N) is 2. The quantitative estimate of drug-likeness (QED) is 0.424. The van der Waals surface area contributed by atoms with Gasteiger partial charge in [0.1, 0.15) is 18.8 Å². The van der Waals surface area contributed by atoms with Crippen LogP contribution in [0.15, 0.2) is 65.5 Å². The number of amides is 2. The fraction of sp³-hybridized carbons (Fsp3) is 0.370. The zero-order valence-electron chi connectivity index (χ0n) is 19.9. The summed E-state index contributed by atoms with van der Waals surface area (Å²) in [6.07, 6.45) is -1.85. The second-order valence-electron chi connectivity index (χ2n) is 9.13. The van der Waals surface area contributed by atoms with E-state index in [1.807, 2.05) is 88.4 Å². The predicted octanol–water partition coefficient (Wildman–Crippen LogP) is 3.71. The highest BCUT2D eigenvalue weighted by Crippen LogP contribution is 2.33. The van der Waals surface area contributed by atoms with Crippen LogP contribution in [-0.4, -0.2) is 29.2 Å². The number of rotatable bonds is 10. The molecule has 180 valence electrons. The van der Waals surface area contributed by atoms with E-state index in [0.29, 0.717) is 11.1 Å². The zero-order valence-corrected chi connectivity index (χ0v) is 19.9. The van der Waals surface area contributed by atoms with Gasteiger partial charge in [0, 0.05) is 11.1 Å². The molecule has 7 nitrogen and oxygen atoms in total. The van der Waals surface area contributed by atoms with Crippen LogP contribution in [0.4, 0.5) is 4.79 Å². The number of ether oxygens (including phenoxy) is 1. The van der Waals surface area contributed by atoms with Gasteiger partial charge in [-0.15, -0.1) is 0 Å². The Morgan fingerprint density at radius 2 is 1.47 bits per heavy atom. The van der Waals surface area contributed by atoms with Gasteiger partial charge < -0.3 is 20.5 Å². The minimum Gasteiger partial charge on any atom is -0.445 e. The molecule has 0 saturated carbocycles. The molecule has 0 aliphatic rings. The Morgan fingerprint density at radius 3 is 2.03 bits per heavy atom. The number of carbonyl (C=O) groups is 2. The number of aliphatic hydroxyl groups excluding tert-OH is 1. The molecule has 0 aliphatic carbocycles. The van der Waals surface area contributed by atoms with Crippen LogP contribution in [-0.2, 0) is 16.1 Å². The van der Waals surface area contributed by atoms with E-state index in [9.17, 15) is 19.5 Å². The van der Waals surface area contributed by atoms with Gasteiger partial charge in [-0.3, -0.25) is 9.59 Å². The molecular weight excluding hydrogens is 432 g/mol. The molecule has 0 aromatic heterocycles. The lowest BCUT2D eigenvalue weighted by Gasteiger charge is -2.29. The van der Waals surface area contributed by atoms with E-state index in [1.165, 1.54) is 0 Å². The maximum atomic E-state index is 13.1. The van der Waals surface area contributed by atoms with Crippen LogP contribution < -0.4 is 16.1 Å². The molecule has 7 heteroatoms. The largest absolute Gasteiger partial charge is 0.445 e. The molecule has 0 unspecified atom stereocenters. The summed E-state index contributed by atoms with van der Waals surface area (Å²) in [6.45, 7) is 7.42. The third-order valence-electron chi connectivity index (χ3n) is 5.84. The van der Waals surface area contributed by atoms with Crippen molar-refractivity contribution in [2.45, 2.75) is 52.5 Å². The Balaban J connectivity index is 1.66. The molecule has 3 aromatic rings. The first kappa shape index (κ1) is 25.2. The lowest BCUT2D eigenvalue weighted by atomic mass is 9.94. The summed E-state index contributed by atoms with van der Waals surface area (Å²) in [5.74, 6) is -0.829. The maximum absolute atomic E-state index is 13.1. The first-order chi connectivity index (χ1) is 16.2. The van der Waals surface area contributed by atoms with Crippen molar-refractivity contribution in [1.29, 1.82) is 0 Å². The first-order valence-electron chi connectivity index (χ1n) is 11.5. The van der Waals surface area contributed by atoms with Gasteiger partial charge in [-0.2, -0.15) is 0 Å². The van der Waals surface area contributed by atoms with Crippen LogP contribution in [0, 0.1) is 11.8 Å². The van der Waals surface area contributed by atoms with Crippen LogP contribution >= 0.6 is 0 Å². The number of carbonyl (C=O) groups excluding carboxylic acids is 2. The SMILES string of the molecule is CC(C)[C@H](NC(=O)OCc1ccccc1)C(=O)N[C@@H](C(C)C)[C@H](O)c1c(-c2ccccc2)c1=O. The third-order valence-corrected chi connectivity index (χ3v) is 5.84. The van der Waals surface area contributed by atoms with Crippen LogP contribution in [0.3, 0.4) is 0 Å². The molecule has 0 radical (unpaired) electrons. The van der Waals surface area contributed by atoms with Crippen LogP contribution in [0.1, 0.15) is 44.9 Å². The Bertz CT molecular complexity index is 1100. The van der Waals surface area contributed by atoms with Crippen LogP contribution in [0.5, 0.6) is 0 Å².